The largest absolute Gasteiger partial charge is 0.490 e. The molecular formula is C18H20O2. The van der Waals surface area contributed by atoms with Gasteiger partial charge in [0, 0.05) is 0 Å². The molecular weight excluding hydrogens is 248 g/mol. The van der Waals surface area contributed by atoms with Gasteiger partial charge in [0.2, 0.25) is 0 Å². The second-order valence-corrected chi connectivity index (χ2v) is 5.55. The van der Waals surface area contributed by atoms with Crippen molar-refractivity contribution in [3.05, 3.63) is 42.0 Å². The van der Waals surface area contributed by atoms with Crippen molar-refractivity contribution in [1.29, 1.82) is 0 Å². The SMILES string of the molecule is O=Cc1c(OC2CCCCCC2)ccc2ccccc12. The Kier molecular flexibility index (Phi) is 4.00. The lowest BCUT2D eigenvalue weighted by atomic mass is 10.0. The van der Waals surface area contributed by atoms with E-state index in [0.29, 0.717) is 5.56 Å². The van der Waals surface area contributed by atoms with E-state index in [2.05, 4.69) is 0 Å². The highest BCUT2D eigenvalue weighted by Gasteiger charge is 2.16. The van der Waals surface area contributed by atoms with E-state index in [1.807, 2.05) is 36.4 Å². The average Bonchev–Trinajstić information content (AvgIpc) is 2.76. The quantitative estimate of drug-likeness (QED) is 0.593. The topological polar surface area (TPSA) is 26.3 Å². The lowest BCUT2D eigenvalue weighted by Gasteiger charge is -2.19. The molecule has 0 saturated heterocycles. The van der Waals surface area contributed by atoms with Crippen LogP contribution in [-0.2, 0) is 0 Å². The molecule has 3 rings (SSSR count). The maximum atomic E-state index is 11.5. The third-order valence-electron chi connectivity index (χ3n) is 4.14. The lowest BCUT2D eigenvalue weighted by molar-refractivity contribution is 0.111. The van der Waals surface area contributed by atoms with Gasteiger partial charge in [-0.15, -0.1) is 0 Å². The molecule has 0 amide bonds. The predicted molar refractivity (Wildman–Crippen MR) is 81.5 cm³/mol. The Morgan fingerprint density at radius 3 is 2.45 bits per heavy atom. The van der Waals surface area contributed by atoms with Crippen LogP contribution in [0.2, 0.25) is 0 Å². The van der Waals surface area contributed by atoms with Crippen LogP contribution in [0.15, 0.2) is 36.4 Å². The summed E-state index contributed by atoms with van der Waals surface area (Å²) in [4.78, 5) is 11.5. The van der Waals surface area contributed by atoms with Gasteiger partial charge >= 0.3 is 0 Å². The normalized spacial score (nSPS) is 16.8. The van der Waals surface area contributed by atoms with Crippen molar-refractivity contribution in [2.45, 2.75) is 44.6 Å². The van der Waals surface area contributed by atoms with Crippen molar-refractivity contribution in [2.24, 2.45) is 0 Å². The first-order valence-corrected chi connectivity index (χ1v) is 7.52. The molecule has 0 atom stereocenters. The minimum absolute atomic E-state index is 0.261. The highest BCUT2D eigenvalue weighted by atomic mass is 16.5. The Hall–Kier alpha value is -1.83. The molecule has 0 N–H and O–H groups in total. The second kappa shape index (κ2) is 6.08. The van der Waals surface area contributed by atoms with Crippen molar-refractivity contribution in [3.8, 4) is 5.75 Å². The molecule has 1 aliphatic carbocycles. The smallest absolute Gasteiger partial charge is 0.154 e. The average molecular weight is 268 g/mol. The van der Waals surface area contributed by atoms with E-state index >= 15 is 0 Å². The molecule has 2 aromatic rings. The van der Waals surface area contributed by atoms with Crippen LogP contribution in [0, 0.1) is 0 Å². The summed E-state index contributed by atoms with van der Waals surface area (Å²) < 4.78 is 6.13. The van der Waals surface area contributed by atoms with E-state index in [9.17, 15) is 4.79 Å². The third-order valence-corrected chi connectivity index (χ3v) is 4.14. The molecule has 0 bridgehead atoms. The van der Waals surface area contributed by atoms with E-state index in [0.717, 1.165) is 35.6 Å². The summed E-state index contributed by atoms with van der Waals surface area (Å²) in [6.45, 7) is 0. The zero-order chi connectivity index (χ0) is 13.8. The number of fused-ring (bicyclic) bond motifs is 1. The Balaban J connectivity index is 1.92. The van der Waals surface area contributed by atoms with Gasteiger partial charge in [0.05, 0.1) is 11.7 Å². The predicted octanol–water partition coefficient (Wildman–Crippen LogP) is 4.75. The standard InChI is InChI=1S/C18H20O2/c19-13-17-16-10-6-5-7-14(16)11-12-18(17)20-15-8-3-1-2-4-9-15/h5-7,10-13,15H,1-4,8-9H2. The zero-order valence-corrected chi connectivity index (χ0v) is 11.7. The van der Waals surface area contributed by atoms with E-state index < -0.39 is 0 Å². The van der Waals surface area contributed by atoms with Gasteiger partial charge in [0.15, 0.2) is 6.29 Å². The fourth-order valence-electron chi connectivity index (χ4n) is 3.04. The highest BCUT2D eigenvalue weighted by molar-refractivity contribution is 6.00. The fourth-order valence-corrected chi connectivity index (χ4v) is 3.04. The molecule has 0 heterocycles. The molecule has 0 aliphatic heterocycles. The van der Waals surface area contributed by atoms with Crippen LogP contribution < -0.4 is 4.74 Å². The first-order valence-electron chi connectivity index (χ1n) is 7.52. The van der Waals surface area contributed by atoms with Crippen LogP contribution in [0.4, 0.5) is 0 Å². The molecule has 0 spiro atoms. The molecule has 0 unspecified atom stereocenters. The molecule has 1 saturated carbocycles. The molecule has 1 aliphatic rings. The van der Waals surface area contributed by atoms with Crippen LogP contribution in [0.5, 0.6) is 5.75 Å². The first-order chi connectivity index (χ1) is 9.88. The Morgan fingerprint density at radius 1 is 0.950 bits per heavy atom. The van der Waals surface area contributed by atoms with Crippen molar-refractivity contribution >= 4 is 17.1 Å². The minimum Gasteiger partial charge on any atom is -0.490 e. The molecule has 20 heavy (non-hydrogen) atoms. The third kappa shape index (κ3) is 2.69. The maximum absolute atomic E-state index is 11.5. The summed E-state index contributed by atoms with van der Waals surface area (Å²) in [6.07, 6.45) is 8.46. The van der Waals surface area contributed by atoms with Crippen LogP contribution in [0.3, 0.4) is 0 Å². The van der Waals surface area contributed by atoms with Gasteiger partial charge in [-0.05, 0) is 42.5 Å². The highest BCUT2D eigenvalue weighted by Crippen LogP contribution is 2.29. The van der Waals surface area contributed by atoms with Gasteiger partial charge in [-0.25, -0.2) is 0 Å². The second-order valence-electron chi connectivity index (χ2n) is 5.55. The molecule has 0 radical (unpaired) electrons. The molecule has 2 aromatic carbocycles. The summed E-state index contributed by atoms with van der Waals surface area (Å²) in [7, 11) is 0. The van der Waals surface area contributed by atoms with Crippen molar-refractivity contribution in [1.82, 2.24) is 0 Å². The number of benzene rings is 2. The number of carbonyl (C=O) groups is 1. The lowest BCUT2D eigenvalue weighted by Crippen LogP contribution is -2.16. The summed E-state index contributed by atoms with van der Waals surface area (Å²) in [5, 5.41) is 2.07. The van der Waals surface area contributed by atoms with Gasteiger partial charge in [0.1, 0.15) is 5.75 Å². The van der Waals surface area contributed by atoms with E-state index in [4.69, 9.17) is 4.74 Å². The van der Waals surface area contributed by atoms with Crippen LogP contribution in [0.25, 0.3) is 10.8 Å². The van der Waals surface area contributed by atoms with Gasteiger partial charge < -0.3 is 4.74 Å². The number of hydrogen-bond acceptors (Lipinski definition) is 2. The fraction of sp³-hybridized carbons (Fsp3) is 0.389. The summed E-state index contributed by atoms with van der Waals surface area (Å²) in [5.41, 5.74) is 0.687. The van der Waals surface area contributed by atoms with Gasteiger partial charge in [-0.1, -0.05) is 43.2 Å². The number of ether oxygens (including phenoxy) is 1. The molecule has 1 fully saturated rings. The molecule has 0 aromatic heterocycles. The zero-order valence-electron chi connectivity index (χ0n) is 11.7. The Bertz CT molecular complexity index is 595. The maximum Gasteiger partial charge on any atom is 0.154 e. The summed E-state index contributed by atoms with van der Waals surface area (Å²) >= 11 is 0. The van der Waals surface area contributed by atoms with Crippen molar-refractivity contribution in [3.63, 3.8) is 0 Å². The van der Waals surface area contributed by atoms with Crippen LogP contribution in [-0.4, -0.2) is 12.4 Å². The van der Waals surface area contributed by atoms with E-state index in [-0.39, 0.29) is 6.10 Å². The summed E-state index contributed by atoms with van der Waals surface area (Å²) in [6, 6.07) is 11.9. The van der Waals surface area contributed by atoms with Gasteiger partial charge in [-0.3, -0.25) is 4.79 Å². The van der Waals surface area contributed by atoms with Crippen molar-refractivity contribution in [2.75, 3.05) is 0 Å². The van der Waals surface area contributed by atoms with Gasteiger partial charge in [0.25, 0.3) is 0 Å². The Morgan fingerprint density at radius 2 is 1.70 bits per heavy atom. The Labute approximate surface area is 119 Å². The van der Waals surface area contributed by atoms with Crippen LogP contribution >= 0.6 is 0 Å². The first kappa shape index (κ1) is 13.2. The van der Waals surface area contributed by atoms with E-state index in [1.165, 1.54) is 25.7 Å². The van der Waals surface area contributed by atoms with Crippen LogP contribution in [0.1, 0.15) is 48.9 Å². The molecule has 2 heteroatoms. The molecule has 104 valence electrons. The summed E-state index contributed by atoms with van der Waals surface area (Å²) in [5.74, 6) is 0.741. The molecule has 2 nitrogen and oxygen atoms in total. The van der Waals surface area contributed by atoms with Crippen molar-refractivity contribution < 1.29 is 9.53 Å². The van der Waals surface area contributed by atoms with E-state index in [1.54, 1.807) is 0 Å². The number of aldehydes is 1. The number of rotatable bonds is 3. The monoisotopic (exact) mass is 268 g/mol. The number of carbonyl (C=O) groups excluding carboxylic acids is 1. The number of hydrogen-bond donors (Lipinski definition) is 0. The van der Waals surface area contributed by atoms with Gasteiger partial charge in [-0.2, -0.15) is 0 Å². The minimum atomic E-state index is 0.261.